The number of nitrogens with one attached hydrogen (secondary N) is 1. The monoisotopic (exact) mass is 267 g/mol. The molecule has 1 aromatic rings. The molecule has 0 fully saturated rings. The number of rotatable bonds is 4. The van der Waals surface area contributed by atoms with Crippen molar-refractivity contribution in [3.63, 3.8) is 0 Å². The molecule has 0 bridgehead atoms. The summed E-state index contributed by atoms with van der Waals surface area (Å²) in [5, 5.41) is 11.8. The van der Waals surface area contributed by atoms with E-state index in [0.717, 1.165) is 0 Å². The maximum Gasteiger partial charge on any atom is 0.251 e. The van der Waals surface area contributed by atoms with Crippen molar-refractivity contribution >= 4 is 5.91 Å². The smallest absolute Gasteiger partial charge is 0.251 e. The van der Waals surface area contributed by atoms with Crippen molar-refractivity contribution in [2.24, 2.45) is 0 Å². The second kappa shape index (κ2) is 12.5. The number of hydrogen-bond acceptors (Lipinski definition) is 3. The van der Waals surface area contributed by atoms with Crippen molar-refractivity contribution in [1.29, 1.82) is 0 Å². The van der Waals surface area contributed by atoms with Crippen LogP contribution < -0.4 is 10.1 Å². The number of benzene rings is 1. The maximum absolute atomic E-state index is 11.3. The fourth-order valence-corrected chi connectivity index (χ4v) is 1.10. The largest absolute Gasteiger partial charge is 0.508 e. The Bertz CT molecular complexity index is 376. The molecule has 0 atom stereocenters. The van der Waals surface area contributed by atoms with Gasteiger partial charge in [0.1, 0.15) is 18.1 Å². The van der Waals surface area contributed by atoms with Gasteiger partial charge in [0, 0.05) is 18.7 Å². The number of ether oxygens (including phenoxy) is 1. The Kier molecular flexibility index (Phi) is 12.7. The minimum Gasteiger partial charge on any atom is -0.508 e. The van der Waals surface area contributed by atoms with Gasteiger partial charge in [-0.3, -0.25) is 4.79 Å². The normalized spacial score (nSPS) is 8.05. The van der Waals surface area contributed by atoms with Crippen LogP contribution in [0.1, 0.15) is 38.1 Å². The van der Waals surface area contributed by atoms with E-state index in [1.165, 1.54) is 19.2 Å². The Hall–Kier alpha value is -1.97. The van der Waals surface area contributed by atoms with E-state index in [-0.39, 0.29) is 11.7 Å². The number of carbonyl (C=O) groups excluding carboxylic acids is 1. The highest BCUT2D eigenvalue weighted by atomic mass is 16.5. The van der Waals surface area contributed by atoms with Crippen LogP contribution in [-0.4, -0.2) is 24.7 Å². The molecule has 0 saturated heterocycles. The minimum atomic E-state index is -0.269. The first-order chi connectivity index (χ1) is 9.17. The molecule has 0 radical (unpaired) electrons. The van der Waals surface area contributed by atoms with Crippen molar-refractivity contribution in [3.8, 4) is 11.5 Å². The van der Waals surface area contributed by atoms with Crippen LogP contribution in [0, 0.1) is 0 Å². The van der Waals surface area contributed by atoms with Crippen LogP contribution in [0.25, 0.3) is 0 Å². The summed E-state index contributed by atoms with van der Waals surface area (Å²) in [7, 11) is 1.52. The number of amides is 1. The Balaban J connectivity index is 0. The van der Waals surface area contributed by atoms with Crippen LogP contribution in [0.2, 0.25) is 0 Å². The molecule has 4 heteroatoms. The molecule has 0 spiro atoms. The highest BCUT2D eigenvalue weighted by molar-refractivity contribution is 5.94. The molecule has 19 heavy (non-hydrogen) atoms. The summed E-state index contributed by atoms with van der Waals surface area (Å²) in [5.41, 5.74) is 0.358. The van der Waals surface area contributed by atoms with Gasteiger partial charge in [-0.2, -0.15) is 0 Å². The first-order valence-electron chi connectivity index (χ1n) is 6.47. The van der Waals surface area contributed by atoms with E-state index in [0.29, 0.717) is 17.9 Å². The zero-order valence-electron chi connectivity index (χ0n) is 12.5. The van der Waals surface area contributed by atoms with Crippen molar-refractivity contribution in [2.45, 2.75) is 27.7 Å². The molecular weight excluding hydrogens is 242 g/mol. The van der Waals surface area contributed by atoms with Crippen LogP contribution >= 0.6 is 0 Å². The predicted octanol–water partition coefficient (Wildman–Crippen LogP) is 3.37. The minimum absolute atomic E-state index is 0.00448. The molecular formula is C15H25NO3. The van der Waals surface area contributed by atoms with Crippen LogP contribution in [-0.2, 0) is 0 Å². The average Bonchev–Trinajstić information content (AvgIpc) is 2.47. The lowest BCUT2D eigenvalue weighted by Crippen LogP contribution is -2.17. The standard InChI is InChI=1S/C11H13NO3.2C2H6/c1-3-4-15-10-6-8(11(14)12-2)5-9(13)7-10;2*1-2/h3,5-7,13H,1,4H2,2H3,(H,12,14);2*1-2H3. The van der Waals surface area contributed by atoms with Gasteiger partial charge < -0.3 is 15.2 Å². The average molecular weight is 267 g/mol. The van der Waals surface area contributed by atoms with Crippen molar-refractivity contribution in [2.75, 3.05) is 13.7 Å². The van der Waals surface area contributed by atoms with Gasteiger partial charge in [0.25, 0.3) is 5.91 Å². The van der Waals surface area contributed by atoms with Crippen LogP contribution in [0.5, 0.6) is 11.5 Å². The number of hydrogen-bond donors (Lipinski definition) is 2. The second-order valence-corrected chi connectivity index (χ2v) is 2.89. The van der Waals surface area contributed by atoms with Gasteiger partial charge in [-0.05, 0) is 12.1 Å². The number of phenolic OH excluding ortho intramolecular Hbond substituents is 1. The Labute approximate surface area is 116 Å². The Morgan fingerprint density at radius 1 is 1.32 bits per heavy atom. The number of aromatic hydroxyl groups is 1. The second-order valence-electron chi connectivity index (χ2n) is 2.89. The van der Waals surface area contributed by atoms with E-state index in [1.807, 2.05) is 27.7 Å². The highest BCUT2D eigenvalue weighted by Crippen LogP contribution is 2.21. The molecule has 4 nitrogen and oxygen atoms in total. The van der Waals surface area contributed by atoms with Crippen molar-refractivity contribution in [3.05, 3.63) is 36.4 Å². The van der Waals surface area contributed by atoms with E-state index < -0.39 is 0 Å². The van der Waals surface area contributed by atoms with Gasteiger partial charge in [-0.25, -0.2) is 0 Å². The van der Waals surface area contributed by atoms with Gasteiger partial charge >= 0.3 is 0 Å². The molecule has 0 aliphatic carbocycles. The molecule has 0 aromatic heterocycles. The summed E-state index contributed by atoms with van der Waals surface area (Å²) in [6.07, 6.45) is 1.59. The lowest BCUT2D eigenvalue weighted by Gasteiger charge is -2.06. The Morgan fingerprint density at radius 2 is 1.89 bits per heavy atom. The third-order valence-electron chi connectivity index (χ3n) is 1.75. The highest BCUT2D eigenvalue weighted by Gasteiger charge is 2.06. The van der Waals surface area contributed by atoms with E-state index >= 15 is 0 Å². The first kappa shape index (κ1) is 19.4. The van der Waals surface area contributed by atoms with Gasteiger partial charge in [0.05, 0.1) is 0 Å². The quantitative estimate of drug-likeness (QED) is 0.822. The van der Waals surface area contributed by atoms with Crippen LogP contribution in [0.4, 0.5) is 0 Å². The summed E-state index contributed by atoms with van der Waals surface area (Å²) < 4.78 is 5.21. The topological polar surface area (TPSA) is 58.6 Å². The number of carbonyl (C=O) groups is 1. The van der Waals surface area contributed by atoms with E-state index in [1.54, 1.807) is 12.1 Å². The SMILES string of the molecule is C=CCOc1cc(O)cc(C(=O)NC)c1.CC.CC. The number of phenols is 1. The molecule has 0 unspecified atom stereocenters. The zero-order valence-corrected chi connectivity index (χ0v) is 12.5. The fraction of sp³-hybridized carbons (Fsp3) is 0.400. The van der Waals surface area contributed by atoms with E-state index in [4.69, 9.17) is 4.74 Å². The molecule has 1 aromatic carbocycles. The van der Waals surface area contributed by atoms with E-state index in [2.05, 4.69) is 11.9 Å². The molecule has 108 valence electrons. The third kappa shape index (κ3) is 7.86. The summed E-state index contributed by atoms with van der Waals surface area (Å²) in [5.74, 6) is 0.165. The molecule has 2 N–H and O–H groups in total. The predicted molar refractivity (Wildman–Crippen MR) is 79.9 cm³/mol. The van der Waals surface area contributed by atoms with Gasteiger partial charge in [-0.1, -0.05) is 40.3 Å². The maximum atomic E-state index is 11.3. The van der Waals surface area contributed by atoms with Gasteiger partial charge in [-0.15, -0.1) is 0 Å². The first-order valence-corrected chi connectivity index (χ1v) is 6.47. The van der Waals surface area contributed by atoms with Gasteiger partial charge in [0.2, 0.25) is 0 Å². The summed E-state index contributed by atoms with van der Waals surface area (Å²) in [4.78, 5) is 11.3. The van der Waals surface area contributed by atoms with Crippen molar-refractivity contribution < 1.29 is 14.6 Å². The molecule has 1 rings (SSSR count). The summed E-state index contributed by atoms with van der Waals surface area (Å²) in [6.45, 7) is 11.8. The lowest BCUT2D eigenvalue weighted by atomic mass is 10.2. The summed E-state index contributed by atoms with van der Waals surface area (Å²) >= 11 is 0. The van der Waals surface area contributed by atoms with Gasteiger partial charge in [0.15, 0.2) is 0 Å². The molecule has 0 heterocycles. The van der Waals surface area contributed by atoms with Crippen LogP contribution in [0.3, 0.4) is 0 Å². The molecule has 1 amide bonds. The summed E-state index contributed by atoms with van der Waals surface area (Å²) in [6, 6.07) is 4.37. The molecule has 0 saturated carbocycles. The third-order valence-corrected chi connectivity index (χ3v) is 1.75. The molecule has 0 aliphatic rings. The molecule has 0 aliphatic heterocycles. The van der Waals surface area contributed by atoms with E-state index in [9.17, 15) is 9.90 Å². The lowest BCUT2D eigenvalue weighted by molar-refractivity contribution is 0.0962. The Morgan fingerprint density at radius 3 is 2.37 bits per heavy atom. The zero-order chi connectivity index (χ0) is 15.3. The van der Waals surface area contributed by atoms with Crippen LogP contribution in [0.15, 0.2) is 30.9 Å². The fourth-order valence-electron chi connectivity index (χ4n) is 1.10. The van der Waals surface area contributed by atoms with Crippen molar-refractivity contribution in [1.82, 2.24) is 5.32 Å².